The van der Waals surface area contributed by atoms with Crippen LogP contribution in [0.4, 0.5) is 5.69 Å². The molecule has 2 N–H and O–H groups in total. The zero-order valence-electron chi connectivity index (χ0n) is 16.0. The molecule has 0 unspecified atom stereocenters. The quantitative estimate of drug-likeness (QED) is 0.603. The summed E-state index contributed by atoms with van der Waals surface area (Å²) in [6.07, 6.45) is 4.35. The molecule has 0 aromatic heterocycles. The maximum absolute atomic E-state index is 12.3. The van der Waals surface area contributed by atoms with Gasteiger partial charge in [0.1, 0.15) is 0 Å². The number of unbranched alkanes of at least 4 members (excludes halogenated alkanes) is 3. The number of anilines is 1. The van der Waals surface area contributed by atoms with E-state index in [9.17, 15) is 13.2 Å². The normalized spacial score (nSPS) is 11.3. The Morgan fingerprint density at radius 1 is 0.926 bits per heavy atom. The second-order valence-corrected chi connectivity index (χ2v) is 8.46. The van der Waals surface area contributed by atoms with Gasteiger partial charge >= 0.3 is 0 Å². The van der Waals surface area contributed by atoms with Crippen LogP contribution in [0.1, 0.15) is 43.7 Å². The largest absolute Gasteiger partial charge is 0.326 e. The Labute approximate surface area is 162 Å². The summed E-state index contributed by atoms with van der Waals surface area (Å²) in [7, 11) is -3.51. The third-order valence-electron chi connectivity index (χ3n) is 4.26. The van der Waals surface area contributed by atoms with E-state index in [2.05, 4.69) is 17.0 Å². The van der Waals surface area contributed by atoms with Crippen LogP contribution < -0.4 is 10.0 Å². The summed E-state index contributed by atoms with van der Waals surface area (Å²) < 4.78 is 27.2. The van der Waals surface area contributed by atoms with Gasteiger partial charge in [-0.2, -0.15) is 0 Å². The number of carbonyl (C=O) groups is 1. The van der Waals surface area contributed by atoms with Crippen molar-refractivity contribution in [1.82, 2.24) is 4.72 Å². The van der Waals surface area contributed by atoms with Crippen molar-refractivity contribution >= 4 is 21.6 Å². The molecule has 27 heavy (non-hydrogen) atoms. The highest BCUT2D eigenvalue weighted by Gasteiger charge is 2.13. The molecule has 0 aliphatic rings. The van der Waals surface area contributed by atoms with Crippen molar-refractivity contribution in [2.24, 2.45) is 0 Å². The summed E-state index contributed by atoms with van der Waals surface area (Å²) in [5.74, 6) is -0.136. The van der Waals surface area contributed by atoms with Gasteiger partial charge in [-0.05, 0) is 43.2 Å². The van der Waals surface area contributed by atoms with Crippen molar-refractivity contribution in [1.29, 1.82) is 0 Å². The Bertz CT molecular complexity index is 829. The van der Waals surface area contributed by atoms with Crippen LogP contribution in [0, 0.1) is 6.92 Å². The molecular formula is C21H28N2O3S. The van der Waals surface area contributed by atoms with Gasteiger partial charge in [0, 0.05) is 12.2 Å². The Morgan fingerprint density at radius 2 is 1.59 bits per heavy atom. The van der Waals surface area contributed by atoms with Crippen molar-refractivity contribution in [3.63, 3.8) is 0 Å². The summed E-state index contributed by atoms with van der Waals surface area (Å²) in [5.41, 5.74) is 2.66. The maximum atomic E-state index is 12.3. The number of amides is 1. The standard InChI is InChI=1S/C21H28N2O3S/c1-3-4-5-6-15-22-27(25,26)20-13-11-19(12-14-20)23-21(24)16-18-9-7-17(2)8-10-18/h7-14,22H,3-6,15-16H2,1-2H3,(H,23,24). The molecule has 0 aliphatic carbocycles. The van der Waals surface area contributed by atoms with Crippen molar-refractivity contribution in [2.75, 3.05) is 11.9 Å². The fraction of sp³-hybridized carbons (Fsp3) is 0.381. The lowest BCUT2D eigenvalue weighted by molar-refractivity contribution is -0.115. The minimum absolute atomic E-state index is 0.136. The monoisotopic (exact) mass is 388 g/mol. The average Bonchev–Trinajstić information content (AvgIpc) is 2.64. The number of hydrogen-bond donors (Lipinski definition) is 2. The zero-order valence-corrected chi connectivity index (χ0v) is 16.8. The number of carbonyl (C=O) groups excluding carboxylic acids is 1. The van der Waals surface area contributed by atoms with Crippen molar-refractivity contribution in [3.05, 3.63) is 59.7 Å². The molecule has 0 bridgehead atoms. The van der Waals surface area contributed by atoms with Crippen LogP contribution in [0.5, 0.6) is 0 Å². The highest BCUT2D eigenvalue weighted by atomic mass is 32.2. The van der Waals surface area contributed by atoms with Gasteiger partial charge in [0.15, 0.2) is 0 Å². The van der Waals surface area contributed by atoms with Crippen LogP contribution in [-0.4, -0.2) is 20.9 Å². The number of hydrogen-bond acceptors (Lipinski definition) is 3. The highest BCUT2D eigenvalue weighted by molar-refractivity contribution is 7.89. The Kier molecular flexibility index (Phi) is 8.00. The van der Waals surface area contributed by atoms with E-state index in [0.29, 0.717) is 12.2 Å². The van der Waals surface area contributed by atoms with E-state index in [0.717, 1.165) is 36.8 Å². The highest BCUT2D eigenvalue weighted by Crippen LogP contribution is 2.15. The van der Waals surface area contributed by atoms with E-state index in [-0.39, 0.29) is 17.2 Å². The van der Waals surface area contributed by atoms with Crippen LogP contribution >= 0.6 is 0 Å². The van der Waals surface area contributed by atoms with Crippen LogP contribution in [0.2, 0.25) is 0 Å². The van der Waals surface area contributed by atoms with Crippen LogP contribution in [0.3, 0.4) is 0 Å². The lowest BCUT2D eigenvalue weighted by Gasteiger charge is -2.09. The molecule has 0 radical (unpaired) electrons. The van der Waals surface area contributed by atoms with Gasteiger partial charge < -0.3 is 5.32 Å². The van der Waals surface area contributed by atoms with Gasteiger partial charge in [-0.25, -0.2) is 13.1 Å². The molecule has 5 nitrogen and oxygen atoms in total. The van der Waals surface area contributed by atoms with E-state index in [1.165, 1.54) is 12.1 Å². The Hall–Kier alpha value is -2.18. The predicted molar refractivity (Wildman–Crippen MR) is 109 cm³/mol. The van der Waals surface area contributed by atoms with Crippen LogP contribution in [0.15, 0.2) is 53.4 Å². The summed E-state index contributed by atoms with van der Waals surface area (Å²) in [6.45, 7) is 4.56. The fourth-order valence-corrected chi connectivity index (χ4v) is 3.73. The van der Waals surface area contributed by atoms with Gasteiger partial charge in [0.25, 0.3) is 0 Å². The Balaban J connectivity index is 1.88. The topological polar surface area (TPSA) is 75.3 Å². The van der Waals surface area contributed by atoms with Gasteiger partial charge in [-0.1, -0.05) is 56.0 Å². The molecule has 6 heteroatoms. The van der Waals surface area contributed by atoms with E-state index in [1.807, 2.05) is 31.2 Å². The number of aryl methyl sites for hydroxylation is 1. The van der Waals surface area contributed by atoms with Crippen LogP contribution in [0.25, 0.3) is 0 Å². The lowest BCUT2D eigenvalue weighted by Crippen LogP contribution is -2.24. The molecule has 0 saturated heterocycles. The lowest BCUT2D eigenvalue weighted by atomic mass is 10.1. The van der Waals surface area contributed by atoms with Gasteiger partial charge in [0.2, 0.25) is 15.9 Å². The molecule has 2 aromatic rings. The number of sulfonamides is 1. The van der Waals surface area contributed by atoms with Crippen molar-refractivity contribution < 1.29 is 13.2 Å². The average molecular weight is 389 g/mol. The maximum Gasteiger partial charge on any atom is 0.240 e. The van der Waals surface area contributed by atoms with Gasteiger partial charge in [0.05, 0.1) is 11.3 Å². The summed E-state index contributed by atoms with van der Waals surface area (Å²) >= 11 is 0. The number of rotatable bonds is 10. The smallest absolute Gasteiger partial charge is 0.240 e. The second kappa shape index (κ2) is 10.2. The first-order valence-corrected chi connectivity index (χ1v) is 10.8. The second-order valence-electron chi connectivity index (χ2n) is 6.69. The SMILES string of the molecule is CCCCCCNS(=O)(=O)c1ccc(NC(=O)Cc2ccc(C)cc2)cc1. The van der Waals surface area contributed by atoms with Crippen molar-refractivity contribution in [3.8, 4) is 0 Å². The van der Waals surface area contributed by atoms with E-state index in [4.69, 9.17) is 0 Å². The van der Waals surface area contributed by atoms with Crippen LogP contribution in [-0.2, 0) is 21.2 Å². The van der Waals surface area contributed by atoms with Crippen molar-refractivity contribution in [2.45, 2.75) is 50.8 Å². The summed E-state index contributed by atoms with van der Waals surface area (Å²) in [6, 6.07) is 14.0. The molecule has 2 rings (SSSR count). The third kappa shape index (κ3) is 7.15. The Morgan fingerprint density at radius 3 is 2.22 bits per heavy atom. The summed E-state index contributed by atoms with van der Waals surface area (Å²) in [4.78, 5) is 12.3. The van der Waals surface area contributed by atoms with Gasteiger partial charge in [-0.3, -0.25) is 4.79 Å². The fourth-order valence-electron chi connectivity index (χ4n) is 2.66. The molecule has 0 atom stereocenters. The zero-order chi connectivity index (χ0) is 19.7. The first kappa shape index (κ1) is 21.1. The molecule has 0 fully saturated rings. The molecular weight excluding hydrogens is 360 g/mol. The first-order chi connectivity index (χ1) is 12.9. The molecule has 0 saturated carbocycles. The van der Waals surface area contributed by atoms with E-state index >= 15 is 0 Å². The predicted octanol–water partition coefficient (Wildman–Crippen LogP) is 4.03. The molecule has 0 spiro atoms. The minimum atomic E-state index is -3.51. The minimum Gasteiger partial charge on any atom is -0.326 e. The third-order valence-corrected chi connectivity index (χ3v) is 5.73. The van der Waals surface area contributed by atoms with E-state index < -0.39 is 10.0 Å². The molecule has 2 aromatic carbocycles. The first-order valence-electron chi connectivity index (χ1n) is 9.36. The molecule has 1 amide bonds. The molecule has 0 aliphatic heterocycles. The summed E-state index contributed by atoms with van der Waals surface area (Å²) in [5, 5.41) is 2.80. The number of benzene rings is 2. The molecule has 0 heterocycles. The van der Waals surface area contributed by atoms with E-state index in [1.54, 1.807) is 12.1 Å². The number of nitrogens with one attached hydrogen (secondary N) is 2. The molecule has 146 valence electrons. The van der Waals surface area contributed by atoms with Gasteiger partial charge in [-0.15, -0.1) is 0 Å².